The highest BCUT2D eigenvalue weighted by Gasteiger charge is 2.23. The molecule has 7 nitrogen and oxygen atoms in total. The second-order valence-corrected chi connectivity index (χ2v) is 6.74. The van der Waals surface area contributed by atoms with Gasteiger partial charge in [0.15, 0.2) is 0 Å². The molecule has 0 bridgehead atoms. The summed E-state index contributed by atoms with van der Waals surface area (Å²) >= 11 is 0. The van der Waals surface area contributed by atoms with Gasteiger partial charge in [0, 0.05) is 31.7 Å². The van der Waals surface area contributed by atoms with Gasteiger partial charge in [0.05, 0.1) is 19.3 Å². The van der Waals surface area contributed by atoms with Crippen LogP contribution >= 0.6 is 0 Å². The maximum Gasteiger partial charge on any atom is 0.253 e. The molecule has 1 aliphatic rings. The average Bonchev–Trinajstić information content (AvgIpc) is 3.27. The monoisotopic (exact) mass is 377 g/mol. The zero-order valence-electron chi connectivity index (χ0n) is 15.9. The minimum Gasteiger partial charge on any atom is -0.495 e. The van der Waals surface area contributed by atoms with Crippen LogP contribution in [0.15, 0.2) is 61.2 Å². The molecule has 0 aliphatic carbocycles. The topological polar surface area (TPSA) is 63.5 Å². The van der Waals surface area contributed by atoms with Crippen LogP contribution in [0.2, 0.25) is 0 Å². The largest absolute Gasteiger partial charge is 0.495 e. The summed E-state index contributed by atoms with van der Waals surface area (Å²) < 4.78 is 7.22. The molecular weight excluding hydrogens is 354 g/mol. The third kappa shape index (κ3) is 3.83. The minimum atomic E-state index is 0.0759. The molecule has 0 unspecified atom stereocenters. The summed E-state index contributed by atoms with van der Waals surface area (Å²) in [7, 11) is 1.69. The van der Waals surface area contributed by atoms with E-state index >= 15 is 0 Å². The molecule has 0 N–H and O–H groups in total. The fourth-order valence-electron chi connectivity index (χ4n) is 3.48. The van der Waals surface area contributed by atoms with Gasteiger partial charge in [-0.15, -0.1) is 0 Å². The molecule has 144 valence electrons. The van der Waals surface area contributed by atoms with E-state index in [0.717, 1.165) is 30.1 Å². The first kappa shape index (κ1) is 18.0. The van der Waals surface area contributed by atoms with Gasteiger partial charge in [-0.05, 0) is 29.8 Å². The van der Waals surface area contributed by atoms with Gasteiger partial charge in [-0.25, -0.2) is 9.67 Å². The number of hydrogen-bond donors (Lipinski definition) is 0. The molecule has 7 heteroatoms. The molecule has 0 atom stereocenters. The van der Waals surface area contributed by atoms with Crippen LogP contribution < -0.4 is 9.64 Å². The molecule has 28 heavy (non-hydrogen) atoms. The molecule has 0 radical (unpaired) electrons. The van der Waals surface area contributed by atoms with Crippen molar-refractivity contribution in [1.82, 2.24) is 19.7 Å². The molecule has 1 aliphatic heterocycles. The Bertz CT molecular complexity index is 916. The molecule has 1 fully saturated rings. The van der Waals surface area contributed by atoms with E-state index in [4.69, 9.17) is 4.74 Å². The van der Waals surface area contributed by atoms with E-state index < -0.39 is 0 Å². The molecule has 1 amide bonds. The summed E-state index contributed by atoms with van der Waals surface area (Å²) in [5.74, 6) is 0.942. The Morgan fingerprint density at radius 3 is 2.46 bits per heavy atom. The number of amides is 1. The van der Waals surface area contributed by atoms with Crippen LogP contribution in [0.25, 0.3) is 0 Å². The molecule has 0 saturated carbocycles. The van der Waals surface area contributed by atoms with Gasteiger partial charge in [-0.2, -0.15) is 5.10 Å². The van der Waals surface area contributed by atoms with Crippen molar-refractivity contribution in [1.29, 1.82) is 0 Å². The number of carbonyl (C=O) groups is 1. The summed E-state index contributed by atoms with van der Waals surface area (Å²) in [6.07, 6.45) is 3.20. The normalized spacial score (nSPS) is 14.2. The number of ether oxygens (including phenoxy) is 1. The lowest BCUT2D eigenvalue weighted by molar-refractivity contribution is 0.0746. The number of anilines is 1. The first-order chi connectivity index (χ1) is 13.7. The van der Waals surface area contributed by atoms with Gasteiger partial charge in [0.1, 0.15) is 18.4 Å². The van der Waals surface area contributed by atoms with Crippen molar-refractivity contribution >= 4 is 11.6 Å². The highest BCUT2D eigenvalue weighted by Crippen LogP contribution is 2.28. The van der Waals surface area contributed by atoms with Gasteiger partial charge in [-0.1, -0.05) is 24.3 Å². The highest BCUT2D eigenvalue weighted by atomic mass is 16.5. The summed E-state index contributed by atoms with van der Waals surface area (Å²) in [6.45, 7) is 3.61. The van der Waals surface area contributed by atoms with E-state index in [1.807, 2.05) is 47.4 Å². The molecule has 1 saturated heterocycles. The highest BCUT2D eigenvalue weighted by molar-refractivity contribution is 5.94. The predicted octanol–water partition coefficient (Wildman–Crippen LogP) is 2.30. The van der Waals surface area contributed by atoms with Crippen molar-refractivity contribution in [3.8, 4) is 5.75 Å². The number of para-hydroxylation sites is 2. The fraction of sp³-hybridized carbons (Fsp3) is 0.286. The zero-order valence-corrected chi connectivity index (χ0v) is 15.9. The predicted molar refractivity (Wildman–Crippen MR) is 107 cm³/mol. The maximum absolute atomic E-state index is 12.8. The Labute approximate surface area is 164 Å². The number of methoxy groups -OCH3 is 1. The lowest BCUT2D eigenvalue weighted by Gasteiger charge is -2.36. The molecule has 2 heterocycles. The third-order valence-corrected chi connectivity index (χ3v) is 5.00. The van der Waals surface area contributed by atoms with Crippen LogP contribution in [0.1, 0.15) is 15.9 Å². The van der Waals surface area contributed by atoms with Crippen molar-refractivity contribution in [2.24, 2.45) is 0 Å². The van der Waals surface area contributed by atoms with E-state index in [1.165, 1.54) is 6.33 Å². The number of rotatable bonds is 5. The Hall–Kier alpha value is -3.35. The van der Waals surface area contributed by atoms with Crippen molar-refractivity contribution in [2.45, 2.75) is 6.54 Å². The van der Waals surface area contributed by atoms with Crippen LogP contribution in [-0.4, -0.2) is 58.9 Å². The molecule has 0 spiro atoms. The molecular formula is C21H23N5O2. The Balaban J connectivity index is 1.37. The fourth-order valence-corrected chi connectivity index (χ4v) is 3.48. The van der Waals surface area contributed by atoms with E-state index in [1.54, 1.807) is 18.1 Å². The first-order valence-electron chi connectivity index (χ1n) is 9.33. The summed E-state index contributed by atoms with van der Waals surface area (Å²) in [5.41, 5.74) is 2.88. The summed E-state index contributed by atoms with van der Waals surface area (Å²) in [6, 6.07) is 15.7. The van der Waals surface area contributed by atoms with Crippen molar-refractivity contribution < 1.29 is 9.53 Å². The van der Waals surface area contributed by atoms with Gasteiger partial charge in [0.2, 0.25) is 0 Å². The van der Waals surface area contributed by atoms with Crippen LogP contribution in [0.5, 0.6) is 5.75 Å². The van der Waals surface area contributed by atoms with Gasteiger partial charge in [0.25, 0.3) is 5.91 Å². The third-order valence-electron chi connectivity index (χ3n) is 5.00. The lowest BCUT2D eigenvalue weighted by atomic mass is 10.1. The maximum atomic E-state index is 12.8. The average molecular weight is 377 g/mol. The van der Waals surface area contributed by atoms with Crippen LogP contribution in [0.3, 0.4) is 0 Å². The summed E-state index contributed by atoms with van der Waals surface area (Å²) in [4.78, 5) is 21.0. The first-order valence-corrected chi connectivity index (χ1v) is 9.33. The standard InChI is InChI=1S/C21H23N5O2/c1-28-20-5-3-2-4-19(20)24-10-12-25(13-11-24)21(27)18-8-6-17(7-9-18)14-26-16-22-15-23-26/h2-9,15-16H,10-14H2,1H3. The van der Waals surface area contributed by atoms with E-state index in [0.29, 0.717) is 25.2 Å². The number of benzene rings is 2. The van der Waals surface area contributed by atoms with E-state index in [-0.39, 0.29) is 5.91 Å². The summed E-state index contributed by atoms with van der Waals surface area (Å²) in [5, 5.41) is 4.10. The smallest absolute Gasteiger partial charge is 0.253 e. The number of piperazine rings is 1. The lowest BCUT2D eigenvalue weighted by Crippen LogP contribution is -2.48. The number of carbonyl (C=O) groups excluding carboxylic acids is 1. The number of hydrogen-bond acceptors (Lipinski definition) is 5. The van der Waals surface area contributed by atoms with Crippen molar-refractivity contribution in [3.05, 3.63) is 72.3 Å². The van der Waals surface area contributed by atoms with E-state index in [2.05, 4.69) is 21.0 Å². The molecule has 2 aromatic carbocycles. The van der Waals surface area contributed by atoms with Gasteiger partial charge < -0.3 is 14.5 Å². The minimum absolute atomic E-state index is 0.0759. The quantitative estimate of drug-likeness (QED) is 0.683. The second kappa shape index (κ2) is 8.12. The van der Waals surface area contributed by atoms with Crippen LogP contribution in [0.4, 0.5) is 5.69 Å². The van der Waals surface area contributed by atoms with Crippen LogP contribution in [-0.2, 0) is 6.54 Å². The second-order valence-electron chi connectivity index (χ2n) is 6.74. The SMILES string of the molecule is COc1ccccc1N1CCN(C(=O)c2ccc(Cn3cncn3)cc2)CC1. The van der Waals surface area contributed by atoms with Gasteiger partial charge >= 0.3 is 0 Å². The van der Waals surface area contributed by atoms with Gasteiger partial charge in [-0.3, -0.25) is 4.79 Å². The van der Waals surface area contributed by atoms with Crippen LogP contribution in [0, 0.1) is 0 Å². The Kier molecular flexibility index (Phi) is 5.23. The number of nitrogens with zero attached hydrogens (tertiary/aromatic N) is 5. The molecule has 1 aromatic heterocycles. The molecule has 3 aromatic rings. The number of aromatic nitrogens is 3. The van der Waals surface area contributed by atoms with Crippen molar-refractivity contribution in [3.63, 3.8) is 0 Å². The molecule has 4 rings (SSSR count). The Morgan fingerprint density at radius 2 is 1.79 bits per heavy atom. The van der Waals surface area contributed by atoms with E-state index in [9.17, 15) is 4.79 Å². The zero-order chi connectivity index (χ0) is 19.3. The Morgan fingerprint density at radius 1 is 1.04 bits per heavy atom. The van der Waals surface area contributed by atoms with Crippen molar-refractivity contribution in [2.75, 3.05) is 38.2 Å².